The van der Waals surface area contributed by atoms with E-state index < -0.39 is 0 Å². The molecular formula is C19H20N4O. The van der Waals surface area contributed by atoms with Crippen LogP contribution in [0, 0.1) is 18.8 Å². The molecule has 3 heterocycles. The smallest absolute Gasteiger partial charge is 0.262 e. The van der Waals surface area contributed by atoms with Crippen LogP contribution in [0.1, 0.15) is 24.6 Å². The van der Waals surface area contributed by atoms with Crippen LogP contribution in [-0.2, 0) is 6.54 Å². The molecule has 1 aromatic carbocycles. The monoisotopic (exact) mass is 320 g/mol. The summed E-state index contributed by atoms with van der Waals surface area (Å²) in [5.74, 6) is 6.48. The van der Waals surface area contributed by atoms with Gasteiger partial charge in [0.15, 0.2) is 0 Å². The minimum Gasteiger partial charge on any atom is -0.308 e. The number of aromatic amines is 1. The average molecular weight is 320 g/mol. The van der Waals surface area contributed by atoms with E-state index in [0.29, 0.717) is 11.9 Å². The fraction of sp³-hybridized carbons (Fsp3) is 0.368. The lowest BCUT2D eigenvalue weighted by molar-refractivity contribution is 0.207. The summed E-state index contributed by atoms with van der Waals surface area (Å²) in [7, 11) is 0. The van der Waals surface area contributed by atoms with Crippen LogP contribution in [0.3, 0.4) is 0 Å². The third-order valence-corrected chi connectivity index (χ3v) is 4.75. The molecule has 1 N–H and O–H groups in total. The molecule has 0 unspecified atom stereocenters. The number of aryl methyl sites for hydroxylation is 2. The van der Waals surface area contributed by atoms with Crippen molar-refractivity contribution in [2.75, 3.05) is 19.6 Å². The van der Waals surface area contributed by atoms with Crippen molar-refractivity contribution in [3.05, 3.63) is 39.8 Å². The topological polar surface area (TPSA) is 53.9 Å². The second-order valence-corrected chi connectivity index (χ2v) is 6.29. The maximum absolute atomic E-state index is 12.7. The van der Waals surface area contributed by atoms with E-state index in [-0.39, 0.29) is 5.56 Å². The Kier molecular flexibility index (Phi) is 3.62. The highest BCUT2D eigenvalue weighted by Crippen LogP contribution is 2.23. The Morgan fingerprint density at radius 2 is 2.17 bits per heavy atom. The number of H-pyrrole nitrogens is 1. The predicted octanol–water partition coefficient (Wildman–Crippen LogP) is 2.26. The van der Waals surface area contributed by atoms with Gasteiger partial charge in [-0.1, -0.05) is 11.8 Å². The number of hydrogen-bond acceptors (Lipinski definition) is 3. The van der Waals surface area contributed by atoms with Gasteiger partial charge in [-0.25, -0.2) is 0 Å². The number of likely N-dealkylation sites (tertiary alicyclic amines) is 1. The lowest BCUT2D eigenvalue weighted by Crippen LogP contribution is -2.37. The third kappa shape index (κ3) is 2.31. The number of pyridine rings is 1. The van der Waals surface area contributed by atoms with Crippen LogP contribution in [0.25, 0.3) is 21.8 Å². The summed E-state index contributed by atoms with van der Waals surface area (Å²) in [5.41, 5.74) is 3.45. The Morgan fingerprint density at radius 3 is 2.88 bits per heavy atom. The lowest BCUT2D eigenvalue weighted by atomic mass is 10.1. The van der Waals surface area contributed by atoms with Crippen molar-refractivity contribution < 1.29 is 0 Å². The number of nitrogens with one attached hydrogen (secondary N) is 1. The van der Waals surface area contributed by atoms with Gasteiger partial charge in [0.25, 0.3) is 5.56 Å². The van der Waals surface area contributed by atoms with E-state index in [1.165, 1.54) is 6.42 Å². The number of aromatic nitrogens is 3. The molecule has 0 atom stereocenters. The summed E-state index contributed by atoms with van der Waals surface area (Å²) >= 11 is 0. The number of rotatable bonds is 2. The summed E-state index contributed by atoms with van der Waals surface area (Å²) < 4.78 is 1.80. The molecule has 0 radical (unpaired) electrons. The first-order valence-electron chi connectivity index (χ1n) is 8.41. The summed E-state index contributed by atoms with van der Waals surface area (Å²) in [6.45, 7) is 7.64. The molecule has 1 aliphatic rings. The molecule has 24 heavy (non-hydrogen) atoms. The molecular weight excluding hydrogens is 300 g/mol. The highest BCUT2D eigenvalue weighted by atomic mass is 16.1. The maximum atomic E-state index is 12.7. The van der Waals surface area contributed by atoms with E-state index in [1.807, 2.05) is 32.0 Å². The van der Waals surface area contributed by atoms with Crippen molar-refractivity contribution >= 4 is 21.8 Å². The molecule has 1 saturated heterocycles. The highest BCUT2D eigenvalue weighted by molar-refractivity contribution is 6.04. The van der Waals surface area contributed by atoms with Gasteiger partial charge in [0.05, 0.1) is 17.4 Å². The molecule has 0 bridgehead atoms. The van der Waals surface area contributed by atoms with Gasteiger partial charge in [-0.2, -0.15) is 5.10 Å². The van der Waals surface area contributed by atoms with Crippen LogP contribution >= 0.6 is 0 Å². The van der Waals surface area contributed by atoms with Gasteiger partial charge < -0.3 is 4.57 Å². The van der Waals surface area contributed by atoms with E-state index in [9.17, 15) is 4.79 Å². The zero-order chi connectivity index (χ0) is 16.7. The van der Waals surface area contributed by atoms with Crippen molar-refractivity contribution in [3.8, 4) is 11.8 Å². The minimum absolute atomic E-state index is 0.0165. The standard InChI is InChI=1S/C19H20N4O/c1-3-23-16-8-7-14(6-4-9-22-10-5-11-22)12-15(16)18-17(19(23)24)13(2)20-21-18/h7-8,12H,3,5,9-11H2,1-2H3,(H,20,21). The second kappa shape index (κ2) is 5.81. The molecule has 0 saturated carbocycles. The largest absolute Gasteiger partial charge is 0.308 e. The molecule has 0 spiro atoms. The normalized spacial score (nSPS) is 14.6. The van der Waals surface area contributed by atoms with Gasteiger partial charge in [-0.05, 0) is 38.5 Å². The van der Waals surface area contributed by atoms with Crippen LogP contribution in [0.5, 0.6) is 0 Å². The first-order valence-corrected chi connectivity index (χ1v) is 8.41. The molecule has 0 amide bonds. The van der Waals surface area contributed by atoms with Gasteiger partial charge in [0.1, 0.15) is 5.52 Å². The zero-order valence-corrected chi connectivity index (χ0v) is 14.0. The lowest BCUT2D eigenvalue weighted by Gasteiger charge is -2.28. The van der Waals surface area contributed by atoms with E-state index in [1.54, 1.807) is 4.57 Å². The summed E-state index contributed by atoms with van der Waals surface area (Å²) in [4.78, 5) is 15.0. The molecule has 122 valence electrons. The van der Waals surface area contributed by atoms with E-state index in [0.717, 1.165) is 47.3 Å². The Bertz CT molecular complexity index is 1040. The first-order chi connectivity index (χ1) is 11.7. The van der Waals surface area contributed by atoms with E-state index >= 15 is 0 Å². The van der Waals surface area contributed by atoms with Crippen molar-refractivity contribution in [2.45, 2.75) is 26.8 Å². The number of benzene rings is 1. The van der Waals surface area contributed by atoms with Crippen LogP contribution in [0.15, 0.2) is 23.0 Å². The fourth-order valence-corrected chi connectivity index (χ4v) is 3.28. The van der Waals surface area contributed by atoms with E-state index in [2.05, 4.69) is 26.9 Å². The fourth-order valence-electron chi connectivity index (χ4n) is 3.28. The summed E-state index contributed by atoms with van der Waals surface area (Å²) in [6, 6.07) is 6.02. The molecule has 0 aliphatic carbocycles. The van der Waals surface area contributed by atoms with Crippen molar-refractivity contribution in [1.82, 2.24) is 19.7 Å². The molecule has 5 heteroatoms. The SMILES string of the molecule is CCn1c(=O)c2c(C)[nH]nc2c2cc(C#CCN3CCC3)ccc21. The van der Waals surface area contributed by atoms with Crippen LogP contribution < -0.4 is 5.56 Å². The predicted molar refractivity (Wildman–Crippen MR) is 96.2 cm³/mol. The molecule has 5 nitrogen and oxygen atoms in total. The maximum Gasteiger partial charge on any atom is 0.262 e. The Balaban J connectivity index is 1.87. The molecule has 1 fully saturated rings. The summed E-state index contributed by atoms with van der Waals surface area (Å²) in [6.07, 6.45) is 1.28. The Labute approximate surface area is 140 Å². The van der Waals surface area contributed by atoms with Gasteiger partial charge in [0.2, 0.25) is 0 Å². The second-order valence-electron chi connectivity index (χ2n) is 6.29. The van der Waals surface area contributed by atoms with Crippen molar-refractivity contribution in [2.24, 2.45) is 0 Å². The quantitative estimate of drug-likeness (QED) is 0.737. The van der Waals surface area contributed by atoms with Crippen LogP contribution in [0.2, 0.25) is 0 Å². The van der Waals surface area contributed by atoms with Gasteiger partial charge in [-0.3, -0.25) is 14.8 Å². The van der Waals surface area contributed by atoms with Gasteiger partial charge >= 0.3 is 0 Å². The Morgan fingerprint density at radius 1 is 1.33 bits per heavy atom. The summed E-state index contributed by atoms with van der Waals surface area (Å²) in [5, 5.41) is 8.96. The molecule has 3 aromatic rings. The van der Waals surface area contributed by atoms with Gasteiger partial charge in [0, 0.05) is 36.3 Å². The first kappa shape index (κ1) is 15.0. The molecule has 2 aromatic heterocycles. The Hall–Kier alpha value is -2.58. The van der Waals surface area contributed by atoms with Crippen LogP contribution in [-0.4, -0.2) is 39.3 Å². The van der Waals surface area contributed by atoms with E-state index in [4.69, 9.17) is 0 Å². The zero-order valence-electron chi connectivity index (χ0n) is 14.0. The molecule has 1 aliphatic heterocycles. The third-order valence-electron chi connectivity index (χ3n) is 4.75. The van der Waals surface area contributed by atoms with Gasteiger partial charge in [-0.15, -0.1) is 0 Å². The number of fused-ring (bicyclic) bond motifs is 3. The number of hydrogen-bond donors (Lipinski definition) is 1. The van der Waals surface area contributed by atoms with Crippen molar-refractivity contribution in [3.63, 3.8) is 0 Å². The average Bonchev–Trinajstić information content (AvgIpc) is 2.93. The van der Waals surface area contributed by atoms with Crippen LogP contribution in [0.4, 0.5) is 0 Å². The number of nitrogens with zero attached hydrogens (tertiary/aromatic N) is 3. The molecule has 4 rings (SSSR count). The van der Waals surface area contributed by atoms with Crippen molar-refractivity contribution in [1.29, 1.82) is 0 Å². The highest BCUT2D eigenvalue weighted by Gasteiger charge is 2.15. The minimum atomic E-state index is 0.0165.